The van der Waals surface area contributed by atoms with Crippen LogP contribution < -0.4 is 10.9 Å². The maximum atomic E-state index is 12.0. The minimum atomic E-state index is -1.18. The Labute approximate surface area is 109 Å². The summed E-state index contributed by atoms with van der Waals surface area (Å²) in [7, 11) is 0. The number of carboxylic acid groups (broad SMARTS) is 1. The normalized spacial score (nSPS) is 17.7. The van der Waals surface area contributed by atoms with Crippen molar-refractivity contribution < 1.29 is 14.7 Å². The molecule has 1 aliphatic carbocycles. The Kier molecular flexibility index (Phi) is 3.69. The average Bonchev–Trinajstić information content (AvgIpc) is 2.40. The molecule has 0 unspecified atom stereocenters. The van der Waals surface area contributed by atoms with Crippen LogP contribution in [0.15, 0.2) is 23.1 Å². The first-order valence-corrected chi connectivity index (χ1v) is 6.28. The summed E-state index contributed by atoms with van der Waals surface area (Å²) >= 11 is 0. The first kappa shape index (κ1) is 13.3. The minimum absolute atomic E-state index is 0.255. The highest BCUT2D eigenvalue weighted by molar-refractivity contribution is 5.97. The summed E-state index contributed by atoms with van der Waals surface area (Å²) in [5.41, 5.74) is -1.22. The number of nitrogens with one attached hydrogen (secondary N) is 2. The molecule has 1 saturated carbocycles. The summed E-state index contributed by atoms with van der Waals surface area (Å²) in [6.07, 6.45) is 4.74. The Morgan fingerprint density at radius 3 is 2.42 bits per heavy atom. The fourth-order valence-electron chi connectivity index (χ4n) is 2.39. The summed E-state index contributed by atoms with van der Waals surface area (Å²) in [5.74, 6) is -1.47. The number of carbonyl (C=O) groups is 2. The largest absolute Gasteiger partial charge is 0.480 e. The van der Waals surface area contributed by atoms with E-state index >= 15 is 0 Å². The van der Waals surface area contributed by atoms with Crippen LogP contribution in [0.4, 0.5) is 0 Å². The van der Waals surface area contributed by atoms with Gasteiger partial charge in [-0.3, -0.25) is 9.59 Å². The maximum Gasteiger partial charge on any atom is 0.329 e. The van der Waals surface area contributed by atoms with Gasteiger partial charge in [-0.1, -0.05) is 19.3 Å². The molecule has 1 heterocycles. The van der Waals surface area contributed by atoms with Gasteiger partial charge in [-0.2, -0.15) is 0 Å². The summed E-state index contributed by atoms with van der Waals surface area (Å²) in [5, 5.41) is 12.0. The van der Waals surface area contributed by atoms with Crippen molar-refractivity contribution in [2.24, 2.45) is 0 Å². The third-order valence-electron chi connectivity index (χ3n) is 3.52. The zero-order valence-electron chi connectivity index (χ0n) is 10.4. The maximum absolute atomic E-state index is 12.0. The second kappa shape index (κ2) is 5.26. The SMILES string of the molecule is O=C(NC1(C(=O)O)CCCCC1)c1ccc(=O)[nH]c1. The van der Waals surface area contributed by atoms with Gasteiger partial charge >= 0.3 is 5.97 Å². The smallest absolute Gasteiger partial charge is 0.329 e. The topological polar surface area (TPSA) is 99.3 Å². The van der Waals surface area contributed by atoms with Crippen LogP contribution in [0.2, 0.25) is 0 Å². The van der Waals surface area contributed by atoms with Gasteiger partial charge in [-0.05, 0) is 18.9 Å². The number of H-pyrrole nitrogens is 1. The van der Waals surface area contributed by atoms with E-state index in [-0.39, 0.29) is 11.1 Å². The summed E-state index contributed by atoms with van der Waals surface area (Å²) < 4.78 is 0. The number of pyridine rings is 1. The number of amides is 1. The molecule has 0 spiro atoms. The van der Waals surface area contributed by atoms with E-state index < -0.39 is 17.4 Å². The zero-order chi connectivity index (χ0) is 13.9. The number of aromatic amines is 1. The van der Waals surface area contributed by atoms with Crippen LogP contribution >= 0.6 is 0 Å². The highest BCUT2D eigenvalue weighted by atomic mass is 16.4. The third-order valence-corrected chi connectivity index (χ3v) is 3.52. The molecule has 0 atom stereocenters. The van der Waals surface area contributed by atoms with E-state index in [1.165, 1.54) is 18.3 Å². The van der Waals surface area contributed by atoms with E-state index in [9.17, 15) is 19.5 Å². The zero-order valence-corrected chi connectivity index (χ0v) is 10.4. The van der Waals surface area contributed by atoms with E-state index in [2.05, 4.69) is 10.3 Å². The molecule has 2 rings (SSSR count). The molecular weight excluding hydrogens is 248 g/mol. The van der Waals surface area contributed by atoms with Gasteiger partial charge in [-0.15, -0.1) is 0 Å². The number of aliphatic carboxylic acids is 1. The second-order valence-corrected chi connectivity index (χ2v) is 4.84. The number of carboxylic acids is 1. The number of hydrogen-bond acceptors (Lipinski definition) is 3. The molecule has 1 aromatic rings. The van der Waals surface area contributed by atoms with Crippen LogP contribution in [0, 0.1) is 0 Å². The second-order valence-electron chi connectivity index (χ2n) is 4.84. The molecule has 102 valence electrons. The van der Waals surface area contributed by atoms with Crippen LogP contribution in [0.25, 0.3) is 0 Å². The predicted molar refractivity (Wildman–Crippen MR) is 68.0 cm³/mol. The van der Waals surface area contributed by atoms with Crippen LogP contribution in [0.1, 0.15) is 42.5 Å². The fourth-order valence-corrected chi connectivity index (χ4v) is 2.39. The van der Waals surface area contributed by atoms with Gasteiger partial charge in [-0.25, -0.2) is 4.79 Å². The molecule has 0 saturated heterocycles. The van der Waals surface area contributed by atoms with Gasteiger partial charge in [0.05, 0.1) is 5.56 Å². The van der Waals surface area contributed by atoms with Crippen molar-refractivity contribution in [3.05, 3.63) is 34.2 Å². The number of hydrogen-bond donors (Lipinski definition) is 3. The van der Waals surface area contributed by atoms with E-state index in [0.717, 1.165) is 19.3 Å². The van der Waals surface area contributed by atoms with Crippen LogP contribution in [0.5, 0.6) is 0 Å². The quantitative estimate of drug-likeness (QED) is 0.755. The van der Waals surface area contributed by atoms with Gasteiger partial charge in [0.1, 0.15) is 5.54 Å². The molecule has 0 aromatic carbocycles. The lowest BCUT2D eigenvalue weighted by atomic mass is 9.81. The minimum Gasteiger partial charge on any atom is -0.480 e. The van der Waals surface area contributed by atoms with Crippen LogP contribution in [-0.4, -0.2) is 27.5 Å². The van der Waals surface area contributed by atoms with Crippen molar-refractivity contribution in [2.75, 3.05) is 0 Å². The van der Waals surface area contributed by atoms with Crippen molar-refractivity contribution >= 4 is 11.9 Å². The number of rotatable bonds is 3. The molecule has 1 aliphatic rings. The highest BCUT2D eigenvalue weighted by Gasteiger charge is 2.41. The highest BCUT2D eigenvalue weighted by Crippen LogP contribution is 2.28. The third kappa shape index (κ3) is 2.83. The number of aromatic nitrogens is 1. The predicted octanol–water partition coefficient (Wildman–Crippen LogP) is 0.892. The molecule has 1 fully saturated rings. The van der Waals surface area contributed by atoms with Gasteiger partial charge in [0.15, 0.2) is 0 Å². The Balaban J connectivity index is 2.17. The molecule has 1 aromatic heterocycles. The van der Waals surface area contributed by atoms with Gasteiger partial charge in [0.25, 0.3) is 5.91 Å². The lowest BCUT2D eigenvalue weighted by molar-refractivity contribution is -0.145. The van der Waals surface area contributed by atoms with Crippen molar-refractivity contribution in [3.8, 4) is 0 Å². The molecule has 1 amide bonds. The molecule has 0 aliphatic heterocycles. The molecular formula is C13H16N2O4. The van der Waals surface area contributed by atoms with Crippen molar-refractivity contribution in [1.82, 2.24) is 10.3 Å². The first-order chi connectivity index (χ1) is 9.03. The summed E-state index contributed by atoms with van der Waals surface area (Å²) in [6.45, 7) is 0. The van der Waals surface area contributed by atoms with Crippen molar-refractivity contribution in [1.29, 1.82) is 0 Å². The molecule has 0 radical (unpaired) electrons. The van der Waals surface area contributed by atoms with Gasteiger partial charge < -0.3 is 15.4 Å². The van der Waals surface area contributed by atoms with Gasteiger partial charge in [0.2, 0.25) is 5.56 Å². The standard InChI is InChI=1S/C13H16N2O4/c16-10-5-4-9(8-14-10)11(17)15-13(12(18)19)6-2-1-3-7-13/h4-5,8H,1-3,6-7H2,(H,14,16)(H,15,17)(H,18,19). The molecule has 0 bridgehead atoms. The Bertz CT molecular complexity index is 523. The Morgan fingerprint density at radius 1 is 1.21 bits per heavy atom. The lowest BCUT2D eigenvalue weighted by Gasteiger charge is -2.33. The van der Waals surface area contributed by atoms with E-state index in [4.69, 9.17) is 0 Å². The average molecular weight is 264 g/mol. The summed E-state index contributed by atoms with van der Waals surface area (Å²) in [4.78, 5) is 36.8. The molecule has 19 heavy (non-hydrogen) atoms. The molecule has 6 nitrogen and oxygen atoms in total. The number of carbonyl (C=O) groups excluding carboxylic acids is 1. The first-order valence-electron chi connectivity index (χ1n) is 6.28. The van der Waals surface area contributed by atoms with E-state index in [0.29, 0.717) is 12.8 Å². The Hall–Kier alpha value is -2.11. The van der Waals surface area contributed by atoms with Crippen LogP contribution in [-0.2, 0) is 4.79 Å². The Morgan fingerprint density at radius 2 is 1.89 bits per heavy atom. The van der Waals surface area contributed by atoms with E-state index in [1.54, 1.807) is 0 Å². The van der Waals surface area contributed by atoms with Crippen LogP contribution in [0.3, 0.4) is 0 Å². The summed E-state index contributed by atoms with van der Waals surface area (Å²) in [6, 6.07) is 2.62. The monoisotopic (exact) mass is 264 g/mol. The molecule has 3 N–H and O–H groups in total. The molecule has 6 heteroatoms. The van der Waals surface area contributed by atoms with Crippen molar-refractivity contribution in [3.63, 3.8) is 0 Å². The lowest BCUT2D eigenvalue weighted by Crippen LogP contribution is -2.55. The van der Waals surface area contributed by atoms with Gasteiger partial charge in [0, 0.05) is 12.3 Å². The fraction of sp³-hybridized carbons (Fsp3) is 0.462. The van der Waals surface area contributed by atoms with Crippen molar-refractivity contribution in [2.45, 2.75) is 37.6 Å². The van der Waals surface area contributed by atoms with E-state index in [1.807, 2.05) is 0 Å².